The molecule has 33 heavy (non-hydrogen) atoms. The van der Waals surface area contributed by atoms with Gasteiger partial charge in [0.1, 0.15) is 12.1 Å². The lowest BCUT2D eigenvalue weighted by Gasteiger charge is -2.37. The Bertz CT molecular complexity index is 981. The lowest BCUT2D eigenvalue weighted by atomic mass is 9.95. The van der Waals surface area contributed by atoms with Crippen LogP contribution in [0.1, 0.15) is 44.0 Å². The summed E-state index contributed by atoms with van der Waals surface area (Å²) < 4.78 is 5.65. The first-order valence-corrected chi connectivity index (χ1v) is 11.7. The molecule has 0 radical (unpaired) electrons. The Labute approximate surface area is 194 Å². The number of carbonyl (C=O) groups is 2. The number of ether oxygens (including phenoxy) is 1. The minimum Gasteiger partial charge on any atom is -0.377 e. The molecule has 0 spiro atoms. The van der Waals surface area contributed by atoms with Gasteiger partial charge in [0.25, 0.3) is 0 Å². The first-order valence-electron chi connectivity index (χ1n) is 11.7. The highest BCUT2D eigenvalue weighted by atomic mass is 16.5. The van der Waals surface area contributed by atoms with E-state index >= 15 is 0 Å². The summed E-state index contributed by atoms with van der Waals surface area (Å²) in [7, 11) is 0. The van der Waals surface area contributed by atoms with E-state index in [1.807, 2.05) is 31.2 Å². The van der Waals surface area contributed by atoms with Crippen LogP contribution in [-0.4, -0.2) is 61.2 Å². The fourth-order valence-corrected chi connectivity index (χ4v) is 4.41. The third kappa shape index (κ3) is 5.31. The van der Waals surface area contributed by atoms with E-state index in [4.69, 9.17) is 14.7 Å². The van der Waals surface area contributed by atoms with E-state index in [-0.39, 0.29) is 18.1 Å². The van der Waals surface area contributed by atoms with E-state index in [9.17, 15) is 9.59 Å². The third-order valence-corrected chi connectivity index (χ3v) is 6.06. The Morgan fingerprint density at radius 1 is 1.30 bits per heavy atom. The minimum atomic E-state index is -0.233. The second-order valence-electron chi connectivity index (χ2n) is 8.41. The number of aldehydes is 1. The molecule has 1 aromatic heterocycles. The van der Waals surface area contributed by atoms with Crippen molar-refractivity contribution in [1.82, 2.24) is 20.6 Å². The van der Waals surface area contributed by atoms with Crippen LogP contribution in [0.3, 0.4) is 0 Å². The first kappa shape index (κ1) is 23.1. The molecular weight excluding hydrogens is 420 g/mol. The maximum atomic E-state index is 11.8. The van der Waals surface area contributed by atoms with Crippen molar-refractivity contribution in [3.05, 3.63) is 35.5 Å². The Hall–Kier alpha value is -3.04. The normalized spacial score (nSPS) is 20.1. The van der Waals surface area contributed by atoms with Crippen molar-refractivity contribution in [2.24, 2.45) is 0 Å². The second kappa shape index (κ2) is 10.7. The fraction of sp³-hybridized carbons (Fsp3) is 0.500. The summed E-state index contributed by atoms with van der Waals surface area (Å²) >= 11 is 0. The topological polar surface area (TPSA) is 108 Å². The predicted octanol–water partition coefficient (Wildman–Crippen LogP) is 2.68. The van der Waals surface area contributed by atoms with E-state index in [0.717, 1.165) is 48.4 Å². The molecule has 1 fully saturated rings. The molecule has 2 amide bonds. The minimum absolute atomic E-state index is 0.0227. The Kier molecular flexibility index (Phi) is 7.51. The van der Waals surface area contributed by atoms with Crippen LogP contribution in [0.5, 0.6) is 0 Å². The summed E-state index contributed by atoms with van der Waals surface area (Å²) in [4.78, 5) is 35.2. The molecule has 176 valence electrons. The van der Waals surface area contributed by atoms with E-state index < -0.39 is 0 Å². The van der Waals surface area contributed by atoms with Crippen LogP contribution in [-0.2, 0) is 16.0 Å². The number of aromatic nitrogens is 2. The molecule has 2 aliphatic rings. The van der Waals surface area contributed by atoms with Crippen molar-refractivity contribution in [3.8, 4) is 11.4 Å². The summed E-state index contributed by atoms with van der Waals surface area (Å²) in [6, 6.07) is 7.56. The molecule has 2 aromatic rings. The molecule has 2 aliphatic heterocycles. The van der Waals surface area contributed by atoms with Crippen LogP contribution in [0.2, 0.25) is 0 Å². The smallest absolute Gasteiger partial charge is 0.319 e. The first-order chi connectivity index (χ1) is 16.1. The van der Waals surface area contributed by atoms with Gasteiger partial charge in [0, 0.05) is 42.9 Å². The van der Waals surface area contributed by atoms with Gasteiger partial charge in [-0.05, 0) is 51.0 Å². The molecule has 0 saturated carbocycles. The highest BCUT2D eigenvalue weighted by molar-refractivity contribution is 5.89. The Balaban J connectivity index is 1.71. The van der Waals surface area contributed by atoms with Gasteiger partial charge in [-0.3, -0.25) is 0 Å². The second-order valence-corrected chi connectivity index (χ2v) is 8.41. The van der Waals surface area contributed by atoms with Crippen molar-refractivity contribution in [1.29, 1.82) is 0 Å². The average molecular weight is 453 g/mol. The number of carbonyl (C=O) groups excluding carboxylic acids is 2. The number of morpholine rings is 1. The number of amides is 2. The zero-order chi connectivity index (χ0) is 23.2. The van der Waals surface area contributed by atoms with Crippen LogP contribution in [0, 0.1) is 0 Å². The Morgan fingerprint density at radius 2 is 2.12 bits per heavy atom. The molecule has 0 bridgehead atoms. The molecular formula is C24H32N6O3. The molecule has 4 rings (SSSR count). The molecule has 3 N–H and O–H groups in total. The van der Waals surface area contributed by atoms with Crippen molar-refractivity contribution >= 4 is 23.8 Å². The standard InChI is InChI=1S/C24H32N6O3/c1-3-25-24(32)27-18-8-6-17(7-9-18)22-28-21-19(10-11-26-20(21)5-4-13-31)23(29-22)30-12-14-33-15-16(30)2/h6-9,13,16,20,26H,3-5,10-12,14-15H2,1-2H3,(H2,25,27,32)/t16-,20+/m1/s1. The molecule has 3 heterocycles. The van der Waals surface area contributed by atoms with Gasteiger partial charge in [0.2, 0.25) is 0 Å². The van der Waals surface area contributed by atoms with E-state index in [1.165, 1.54) is 0 Å². The highest BCUT2D eigenvalue weighted by Gasteiger charge is 2.30. The van der Waals surface area contributed by atoms with E-state index in [1.54, 1.807) is 0 Å². The largest absolute Gasteiger partial charge is 0.377 e. The van der Waals surface area contributed by atoms with Gasteiger partial charge < -0.3 is 30.4 Å². The summed E-state index contributed by atoms with van der Waals surface area (Å²) in [6.45, 7) is 7.55. The van der Waals surface area contributed by atoms with Gasteiger partial charge in [0.05, 0.1) is 31.0 Å². The lowest BCUT2D eigenvalue weighted by Crippen LogP contribution is -2.45. The molecule has 1 saturated heterocycles. The lowest BCUT2D eigenvalue weighted by molar-refractivity contribution is -0.108. The number of anilines is 2. The number of nitrogens with zero attached hydrogens (tertiary/aromatic N) is 3. The van der Waals surface area contributed by atoms with Crippen LogP contribution < -0.4 is 20.9 Å². The maximum Gasteiger partial charge on any atom is 0.319 e. The van der Waals surface area contributed by atoms with E-state index in [0.29, 0.717) is 44.1 Å². The van der Waals surface area contributed by atoms with Crippen LogP contribution in [0.25, 0.3) is 11.4 Å². The number of fused-ring (bicyclic) bond motifs is 1. The number of rotatable bonds is 7. The SMILES string of the molecule is CCNC(=O)Nc1ccc(-c2nc3c(c(N4CCOC[C@H]4C)n2)CCN[C@H]3CCC=O)cc1. The van der Waals surface area contributed by atoms with Crippen LogP contribution in [0.4, 0.5) is 16.3 Å². The van der Waals surface area contributed by atoms with Crippen molar-refractivity contribution in [3.63, 3.8) is 0 Å². The van der Waals surface area contributed by atoms with Crippen molar-refractivity contribution < 1.29 is 14.3 Å². The maximum absolute atomic E-state index is 11.8. The molecule has 0 unspecified atom stereocenters. The zero-order valence-electron chi connectivity index (χ0n) is 19.3. The average Bonchev–Trinajstić information content (AvgIpc) is 2.83. The van der Waals surface area contributed by atoms with Crippen molar-refractivity contribution in [2.45, 2.75) is 45.2 Å². The summed E-state index contributed by atoms with van der Waals surface area (Å²) in [5.74, 6) is 1.61. The van der Waals surface area contributed by atoms with Gasteiger partial charge in [0.15, 0.2) is 5.82 Å². The molecule has 9 heteroatoms. The van der Waals surface area contributed by atoms with Gasteiger partial charge in [-0.25, -0.2) is 14.8 Å². The molecule has 1 aromatic carbocycles. The quantitative estimate of drug-likeness (QED) is 0.554. The predicted molar refractivity (Wildman–Crippen MR) is 128 cm³/mol. The molecule has 0 aliphatic carbocycles. The molecule has 2 atom stereocenters. The van der Waals surface area contributed by atoms with Gasteiger partial charge in [-0.1, -0.05) is 0 Å². The van der Waals surface area contributed by atoms with Crippen LogP contribution >= 0.6 is 0 Å². The molecule has 9 nitrogen and oxygen atoms in total. The summed E-state index contributed by atoms with van der Waals surface area (Å²) in [6.07, 6.45) is 3.01. The number of hydrogen-bond acceptors (Lipinski definition) is 7. The van der Waals surface area contributed by atoms with Crippen LogP contribution in [0.15, 0.2) is 24.3 Å². The summed E-state index contributed by atoms with van der Waals surface area (Å²) in [5, 5.41) is 9.06. The number of urea groups is 1. The Morgan fingerprint density at radius 3 is 2.85 bits per heavy atom. The third-order valence-electron chi connectivity index (χ3n) is 6.06. The number of nitrogens with one attached hydrogen (secondary N) is 3. The van der Waals surface area contributed by atoms with Crippen molar-refractivity contribution in [2.75, 3.05) is 43.1 Å². The number of hydrogen-bond donors (Lipinski definition) is 3. The summed E-state index contributed by atoms with van der Waals surface area (Å²) in [5.41, 5.74) is 3.72. The van der Waals surface area contributed by atoms with Gasteiger partial charge in [-0.2, -0.15) is 0 Å². The van der Waals surface area contributed by atoms with Gasteiger partial charge >= 0.3 is 6.03 Å². The number of benzene rings is 1. The van der Waals surface area contributed by atoms with Gasteiger partial charge in [-0.15, -0.1) is 0 Å². The fourth-order valence-electron chi connectivity index (χ4n) is 4.41. The monoisotopic (exact) mass is 452 g/mol. The van der Waals surface area contributed by atoms with E-state index in [2.05, 4.69) is 27.8 Å². The highest BCUT2D eigenvalue weighted by Crippen LogP contribution is 2.34. The zero-order valence-corrected chi connectivity index (χ0v) is 19.3.